The summed E-state index contributed by atoms with van der Waals surface area (Å²) in [4.78, 5) is 13.0. The molecular formula is C11H13ClF3NO3S2. The highest BCUT2D eigenvalue weighted by Gasteiger charge is 2.34. The zero-order chi connectivity index (χ0) is 16.4. The van der Waals surface area contributed by atoms with Crippen molar-refractivity contribution in [3.8, 4) is 0 Å². The predicted octanol–water partition coefficient (Wildman–Crippen LogP) is 3.02. The maximum absolute atomic E-state index is 12.4. The summed E-state index contributed by atoms with van der Waals surface area (Å²) in [6, 6.07) is 1.97. The minimum Gasteiger partial charge on any atom is -0.331 e. The standard InChI is InChI=1S/C11H13ClF3NO3S2/c1-7(2)16(6-11(13,14)15)9(17)5-8-3-4-10(20-8)21(12,18)19/h3-4,7H,5-6H2,1-2H3. The van der Waals surface area contributed by atoms with Crippen LogP contribution in [0.15, 0.2) is 16.3 Å². The van der Waals surface area contributed by atoms with E-state index < -0.39 is 33.7 Å². The molecule has 1 heterocycles. The fourth-order valence-corrected chi connectivity index (χ4v) is 3.70. The van der Waals surface area contributed by atoms with Crippen LogP contribution in [0.25, 0.3) is 0 Å². The van der Waals surface area contributed by atoms with Gasteiger partial charge in [0.05, 0.1) is 6.42 Å². The number of carbonyl (C=O) groups excluding carboxylic acids is 1. The number of halogens is 4. The highest BCUT2D eigenvalue weighted by Crippen LogP contribution is 2.26. The molecule has 0 N–H and O–H groups in total. The van der Waals surface area contributed by atoms with E-state index in [-0.39, 0.29) is 10.6 Å². The lowest BCUT2D eigenvalue weighted by Gasteiger charge is -2.27. The van der Waals surface area contributed by atoms with E-state index in [2.05, 4.69) is 0 Å². The predicted molar refractivity (Wildman–Crippen MR) is 74.0 cm³/mol. The zero-order valence-electron chi connectivity index (χ0n) is 11.1. The van der Waals surface area contributed by atoms with E-state index in [1.807, 2.05) is 0 Å². The molecule has 21 heavy (non-hydrogen) atoms. The second-order valence-corrected chi connectivity index (χ2v) is 8.53. The van der Waals surface area contributed by atoms with Crippen molar-refractivity contribution in [3.63, 3.8) is 0 Å². The molecular weight excluding hydrogens is 351 g/mol. The maximum atomic E-state index is 12.4. The fraction of sp³-hybridized carbons (Fsp3) is 0.545. The van der Waals surface area contributed by atoms with Crippen LogP contribution < -0.4 is 0 Å². The third-order valence-electron chi connectivity index (χ3n) is 2.50. The number of hydrogen-bond acceptors (Lipinski definition) is 4. The maximum Gasteiger partial charge on any atom is 0.406 e. The van der Waals surface area contributed by atoms with Gasteiger partial charge in [-0.2, -0.15) is 13.2 Å². The van der Waals surface area contributed by atoms with Crippen molar-refractivity contribution in [1.29, 1.82) is 0 Å². The van der Waals surface area contributed by atoms with Crippen molar-refractivity contribution in [2.45, 2.75) is 36.7 Å². The highest BCUT2D eigenvalue weighted by atomic mass is 35.7. The lowest BCUT2D eigenvalue weighted by atomic mass is 10.2. The van der Waals surface area contributed by atoms with Gasteiger partial charge in [-0.25, -0.2) is 8.42 Å². The number of amides is 1. The van der Waals surface area contributed by atoms with Crippen LogP contribution in [0.2, 0.25) is 0 Å². The average molecular weight is 364 g/mol. The van der Waals surface area contributed by atoms with Crippen LogP contribution >= 0.6 is 22.0 Å². The SMILES string of the molecule is CC(C)N(CC(F)(F)F)C(=O)Cc1ccc(S(=O)(=O)Cl)s1. The Kier molecular flexibility index (Phi) is 5.68. The van der Waals surface area contributed by atoms with Gasteiger partial charge < -0.3 is 4.90 Å². The van der Waals surface area contributed by atoms with E-state index in [0.29, 0.717) is 9.78 Å². The van der Waals surface area contributed by atoms with Crippen LogP contribution in [0.4, 0.5) is 13.2 Å². The molecule has 1 aromatic heterocycles. The summed E-state index contributed by atoms with van der Waals surface area (Å²) in [7, 11) is 1.25. The van der Waals surface area contributed by atoms with E-state index in [4.69, 9.17) is 10.7 Å². The third-order valence-corrected chi connectivity index (χ3v) is 5.67. The van der Waals surface area contributed by atoms with Crippen LogP contribution in [0.3, 0.4) is 0 Å². The first-order valence-corrected chi connectivity index (χ1v) is 8.92. The molecule has 0 saturated heterocycles. The van der Waals surface area contributed by atoms with Gasteiger partial charge in [-0.3, -0.25) is 4.79 Å². The van der Waals surface area contributed by atoms with Gasteiger partial charge in [0.15, 0.2) is 0 Å². The quantitative estimate of drug-likeness (QED) is 0.756. The van der Waals surface area contributed by atoms with E-state index >= 15 is 0 Å². The number of nitrogens with zero attached hydrogens (tertiary/aromatic N) is 1. The normalized spacial score (nSPS) is 12.7. The Bertz CT molecular complexity index is 610. The Morgan fingerprint density at radius 2 is 1.95 bits per heavy atom. The smallest absolute Gasteiger partial charge is 0.331 e. The number of alkyl halides is 3. The van der Waals surface area contributed by atoms with Crippen LogP contribution in [0.1, 0.15) is 18.7 Å². The lowest BCUT2D eigenvalue weighted by Crippen LogP contribution is -2.43. The number of carbonyl (C=O) groups is 1. The Balaban J connectivity index is 2.85. The van der Waals surface area contributed by atoms with Gasteiger partial charge in [-0.1, -0.05) is 0 Å². The average Bonchev–Trinajstić information content (AvgIpc) is 2.72. The van der Waals surface area contributed by atoms with Gasteiger partial charge in [0.25, 0.3) is 9.05 Å². The van der Waals surface area contributed by atoms with E-state index in [1.165, 1.54) is 26.0 Å². The van der Waals surface area contributed by atoms with E-state index in [1.54, 1.807) is 0 Å². The van der Waals surface area contributed by atoms with Gasteiger partial charge in [0, 0.05) is 21.6 Å². The first-order valence-electron chi connectivity index (χ1n) is 5.80. The number of rotatable bonds is 5. The second kappa shape index (κ2) is 6.53. The molecule has 0 unspecified atom stereocenters. The van der Waals surface area contributed by atoms with Crippen molar-refractivity contribution < 1.29 is 26.4 Å². The van der Waals surface area contributed by atoms with Crippen LogP contribution in [0, 0.1) is 0 Å². The molecule has 1 aromatic rings. The lowest BCUT2D eigenvalue weighted by molar-refractivity contribution is -0.164. The van der Waals surface area contributed by atoms with Gasteiger partial charge in [0.2, 0.25) is 5.91 Å². The highest BCUT2D eigenvalue weighted by molar-refractivity contribution is 8.15. The molecule has 0 aliphatic rings. The van der Waals surface area contributed by atoms with Crippen molar-refractivity contribution in [3.05, 3.63) is 17.0 Å². The molecule has 0 fully saturated rings. The molecule has 1 rings (SSSR count). The molecule has 120 valence electrons. The molecule has 0 radical (unpaired) electrons. The molecule has 0 spiro atoms. The summed E-state index contributed by atoms with van der Waals surface area (Å²) < 4.78 is 59.4. The largest absolute Gasteiger partial charge is 0.406 e. The van der Waals surface area contributed by atoms with Crippen molar-refractivity contribution in [1.82, 2.24) is 4.90 Å². The Labute approximate surface area is 128 Å². The van der Waals surface area contributed by atoms with Crippen molar-refractivity contribution in [2.24, 2.45) is 0 Å². The Morgan fingerprint density at radius 1 is 1.38 bits per heavy atom. The summed E-state index contributed by atoms with van der Waals surface area (Å²) in [6.07, 6.45) is -4.79. The summed E-state index contributed by atoms with van der Waals surface area (Å²) >= 11 is 0.767. The van der Waals surface area contributed by atoms with Gasteiger partial charge in [0.1, 0.15) is 10.8 Å². The third kappa shape index (κ3) is 5.84. The number of thiophene rings is 1. The molecule has 0 atom stereocenters. The van der Waals surface area contributed by atoms with Crippen LogP contribution in [-0.4, -0.2) is 38.0 Å². The minimum atomic E-state index is -4.49. The first kappa shape index (κ1) is 18.2. The molecule has 0 aliphatic carbocycles. The van der Waals surface area contributed by atoms with E-state index in [0.717, 1.165) is 11.3 Å². The minimum absolute atomic E-state index is 0.140. The molecule has 0 aliphatic heterocycles. The molecule has 0 aromatic carbocycles. The van der Waals surface area contributed by atoms with Gasteiger partial charge in [-0.05, 0) is 26.0 Å². The van der Waals surface area contributed by atoms with Crippen molar-refractivity contribution in [2.75, 3.05) is 6.54 Å². The molecule has 0 bridgehead atoms. The molecule has 10 heteroatoms. The van der Waals surface area contributed by atoms with Crippen LogP contribution in [0.5, 0.6) is 0 Å². The summed E-state index contributed by atoms with van der Waals surface area (Å²) in [5.74, 6) is -0.720. The van der Waals surface area contributed by atoms with Gasteiger partial charge in [-0.15, -0.1) is 11.3 Å². The molecule has 1 amide bonds. The monoisotopic (exact) mass is 363 g/mol. The van der Waals surface area contributed by atoms with E-state index in [9.17, 15) is 26.4 Å². The summed E-state index contributed by atoms with van der Waals surface area (Å²) in [6.45, 7) is 1.62. The van der Waals surface area contributed by atoms with Gasteiger partial charge >= 0.3 is 6.18 Å². The first-order chi connectivity index (χ1) is 9.40. The summed E-state index contributed by atoms with van der Waals surface area (Å²) in [5, 5.41) is 0. The van der Waals surface area contributed by atoms with Crippen molar-refractivity contribution >= 4 is 37.0 Å². The topological polar surface area (TPSA) is 54.5 Å². The zero-order valence-corrected chi connectivity index (χ0v) is 13.5. The second-order valence-electron chi connectivity index (χ2n) is 4.57. The molecule has 0 saturated carbocycles. The Morgan fingerprint density at radius 3 is 2.33 bits per heavy atom. The fourth-order valence-electron chi connectivity index (χ4n) is 1.59. The van der Waals surface area contributed by atoms with Crippen LogP contribution in [-0.2, 0) is 20.3 Å². The molecule has 4 nitrogen and oxygen atoms in total. The Hall–Kier alpha value is -0.800. The number of hydrogen-bond donors (Lipinski definition) is 0. The summed E-state index contributed by atoms with van der Waals surface area (Å²) in [5.41, 5.74) is 0.